The summed E-state index contributed by atoms with van der Waals surface area (Å²) in [7, 11) is -3.37. The zero-order chi connectivity index (χ0) is 26.8. The van der Waals surface area contributed by atoms with Gasteiger partial charge in [-0.15, -0.1) is 0 Å². The van der Waals surface area contributed by atoms with Gasteiger partial charge < -0.3 is 19.6 Å². The molecule has 0 radical (unpaired) electrons. The average molecular weight is 519 g/mol. The first-order valence-electron chi connectivity index (χ1n) is 11.4. The second-order valence-electron chi connectivity index (χ2n) is 8.98. The van der Waals surface area contributed by atoms with E-state index in [1.165, 1.54) is 0 Å². The number of hydrogen-bond acceptors (Lipinski definition) is 8. The van der Waals surface area contributed by atoms with Crippen molar-refractivity contribution in [3.05, 3.63) is 71.6 Å². The molecule has 0 atom stereocenters. The Morgan fingerprint density at radius 2 is 1.69 bits per heavy atom. The van der Waals surface area contributed by atoms with Crippen molar-refractivity contribution in [1.82, 2.24) is 4.98 Å². The van der Waals surface area contributed by atoms with Gasteiger partial charge in [-0.3, -0.25) is 4.18 Å². The molecule has 0 unspecified atom stereocenters. The number of nitrogens with two attached hydrogens (primary N) is 1. The van der Waals surface area contributed by atoms with E-state index >= 15 is 0 Å². The van der Waals surface area contributed by atoms with Crippen molar-refractivity contribution >= 4 is 16.2 Å². The summed E-state index contributed by atoms with van der Waals surface area (Å²) in [4.78, 5) is 14.5. The van der Waals surface area contributed by atoms with Crippen LogP contribution in [0.25, 0.3) is 11.5 Å². The Morgan fingerprint density at radius 1 is 1.06 bits per heavy atom. The summed E-state index contributed by atoms with van der Waals surface area (Å²) >= 11 is 0. The molecule has 9 nitrogen and oxygen atoms in total. The second kappa shape index (κ2) is 13.1. The maximum atomic E-state index is 10.9. The Balaban J connectivity index is 0.000000493. The monoisotopic (exact) mass is 518 g/mol. The van der Waals surface area contributed by atoms with Gasteiger partial charge in [0, 0.05) is 5.56 Å². The highest BCUT2D eigenvalue weighted by Gasteiger charge is 2.13. The van der Waals surface area contributed by atoms with Gasteiger partial charge in [-0.2, -0.15) is 8.42 Å². The molecule has 196 valence electrons. The van der Waals surface area contributed by atoms with Crippen molar-refractivity contribution in [3.63, 3.8) is 0 Å². The topological polar surface area (TPSA) is 131 Å². The van der Waals surface area contributed by atoms with Gasteiger partial charge in [-0.25, -0.2) is 9.78 Å². The molecule has 3 rings (SSSR count). The van der Waals surface area contributed by atoms with E-state index < -0.39 is 21.8 Å². The molecule has 0 aliphatic carbocycles. The molecule has 1 aromatic heterocycles. The Kier molecular flexibility index (Phi) is 10.5. The van der Waals surface area contributed by atoms with E-state index in [0.717, 1.165) is 41.0 Å². The summed E-state index contributed by atoms with van der Waals surface area (Å²) in [5.41, 5.74) is 7.05. The number of primary amides is 1. The van der Waals surface area contributed by atoms with E-state index in [9.17, 15) is 13.2 Å². The van der Waals surface area contributed by atoms with Crippen LogP contribution in [0.1, 0.15) is 44.2 Å². The minimum absolute atomic E-state index is 0.187. The lowest BCUT2D eigenvalue weighted by Gasteiger charge is -2.16. The van der Waals surface area contributed by atoms with Crippen LogP contribution in [0.15, 0.2) is 59.0 Å². The number of aromatic nitrogens is 1. The number of amides is 1. The third-order valence-corrected chi connectivity index (χ3v) is 5.12. The van der Waals surface area contributed by atoms with Gasteiger partial charge in [0.2, 0.25) is 5.89 Å². The lowest BCUT2D eigenvalue weighted by Crippen LogP contribution is -2.27. The predicted octanol–water partition coefficient (Wildman–Crippen LogP) is 5.02. The lowest BCUT2D eigenvalue weighted by atomic mass is 10.1. The number of ether oxygens (including phenoxy) is 2. The van der Waals surface area contributed by atoms with Gasteiger partial charge in [0.15, 0.2) is 0 Å². The highest BCUT2D eigenvalue weighted by Crippen LogP contribution is 2.23. The van der Waals surface area contributed by atoms with Crippen LogP contribution in [0.2, 0.25) is 0 Å². The summed E-state index contributed by atoms with van der Waals surface area (Å²) in [5.74, 6) is 2.06. The average Bonchev–Trinajstić information content (AvgIpc) is 3.15. The van der Waals surface area contributed by atoms with Crippen molar-refractivity contribution in [2.75, 3.05) is 12.9 Å². The minimum atomic E-state index is -3.37. The number of nitrogens with zero attached hydrogens (tertiary/aromatic N) is 1. The third-order valence-electron chi connectivity index (χ3n) is 4.53. The van der Waals surface area contributed by atoms with Crippen molar-refractivity contribution in [1.29, 1.82) is 0 Å². The number of benzene rings is 2. The maximum absolute atomic E-state index is 10.9. The molecular formula is C26H34N2O7S. The highest BCUT2D eigenvalue weighted by molar-refractivity contribution is 7.85. The van der Waals surface area contributed by atoms with Crippen molar-refractivity contribution in [2.45, 2.75) is 52.7 Å². The summed E-state index contributed by atoms with van der Waals surface area (Å²) in [6.45, 7) is 7.67. The molecule has 1 heterocycles. The fraction of sp³-hybridized carbons (Fsp3) is 0.385. The smallest absolute Gasteiger partial charge is 0.405 e. The summed E-state index contributed by atoms with van der Waals surface area (Å²) in [5, 5.41) is 0. The van der Waals surface area contributed by atoms with Crippen LogP contribution in [0, 0.1) is 6.92 Å². The van der Waals surface area contributed by atoms with E-state index in [-0.39, 0.29) is 6.61 Å². The van der Waals surface area contributed by atoms with Crippen LogP contribution in [0.3, 0.4) is 0 Å². The number of hydrogen-bond donors (Lipinski definition) is 1. The van der Waals surface area contributed by atoms with Gasteiger partial charge in [-0.1, -0.05) is 30.3 Å². The number of rotatable bonds is 9. The summed E-state index contributed by atoms with van der Waals surface area (Å²) < 4.78 is 42.7. The fourth-order valence-corrected chi connectivity index (χ4v) is 3.38. The Hall–Kier alpha value is -3.37. The van der Waals surface area contributed by atoms with Gasteiger partial charge in [0.05, 0.1) is 12.9 Å². The largest absolute Gasteiger partial charge is 0.487 e. The van der Waals surface area contributed by atoms with Crippen molar-refractivity contribution in [3.8, 4) is 17.2 Å². The maximum Gasteiger partial charge on any atom is 0.405 e. The number of carbonyl (C=O) groups excluding carboxylic acids is 1. The van der Waals surface area contributed by atoms with Crippen molar-refractivity contribution in [2.24, 2.45) is 5.73 Å². The molecule has 36 heavy (non-hydrogen) atoms. The molecule has 0 saturated heterocycles. The Bertz CT molecular complexity index is 1200. The lowest BCUT2D eigenvalue weighted by molar-refractivity contribution is 0.0600. The molecular weight excluding hydrogens is 484 g/mol. The van der Waals surface area contributed by atoms with E-state index in [0.29, 0.717) is 18.9 Å². The standard InChI is InChI=1S/C21H23NO5S.C5H11NO2/c1-16-20(22-21(27-16)18-8-4-3-5-9-18)15-25-19-12-10-17(11-13-19)7-6-14-26-28(2,23)24;1-5(2,3)8-4(6)7/h3-5,8-13H,6-7,14-15H2,1-2H3;1-3H3,(H2,6,7). The molecule has 3 aromatic rings. The fourth-order valence-electron chi connectivity index (χ4n) is 2.96. The van der Waals surface area contributed by atoms with Gasteiger partial charge in [0.25, 0.3) is 10.1 Å². The Morgan fingerprint density at radius 3 is 2.22 bits per heavy atom. The molecule has 0 aliphatic rings. The summed E-state index contributed by atoms with van der Waals surface area (Å²) in [6, 6.07) is 17.4. The first kappa shape index (κ1) is 28.9. The number of aryl methyl sites for hydroxylation is 2. The molecule has 10 heteroatoms. The molecule has 0 saturated carbocycles. The van der Waals surface area contributed by atoms with Gasteiger partial charge >= 0.3 is 6.09 Å². The predicted molar refractivity (Wildman–Crippen MR) is 137 cm³/mol. The quantitative estimate of drug-likeness (QED) is 0.309. The van der Waals surface area contributed by atoms with E-state index in [1.807, 2.05) is 61.5 Å². The van der Waals surface area contributed by atoms with Crippen LogP contribution in [-0.2, 0) is 32.1 Å². The van der Waals surface area contributed by atoms with Gasteiger partial charge in [-0.05, 0) is 70.4 Å². The van der Waals surface area contributed by atoms with Crippen LogP contribution in [-0.4, -0.2) is 38.0 Å². The molecule has 0 spiro atoms. The number of oxazole rings is 1. The van der Waals surface area contributed by atoms with Crippen LogP contribution < -0.4 is 10.5 Å². The molecule has 1 amide bonds. The highest BCUT2D eigenvalue weighted by atomic mass is 32.2. The second-order valence-corrected chi connectivity index (χ2v) is 10.6. The zero-order valence-electron chi connectivity index (χ0n) is 21.3. The Labute approximate surface area is 212 Å². The SMILES string of the molecule is CC(C)(C)OC(N)=O.Cc1oc(-c2ccccc2)nc1COc1ccc(CCCOS(C)(=O)=O)cc1. The van der Waals surface area contributed by atoms with Gasteiger partial charge in [0.1, 0.15) is 29.4 Å². The van der Waals surface area contributed by atoms with Crippen LogP contribution >= 0.6 is 0 Å². The molecule has 2 aromatic carbocycles. The summed E-state index contributed by atoms with van der Waals surface area (Å²) in [6.07, 6.45) is 1.70. The van der Waals surface area contributed by atoms with E-state index in [2.05, 4.69) is 9.72 Å². The first-order valence-corrected chi connectivity index (χ1v) is 13.2. The minimum Gasteiger partial charge on any atom is -0.487 e. The van der Waals surface area contributed by atoms with E-state index in [4.69, 9.17) is 19.1 Å². The third kappa shape index (κ3) is 11.4. The molecule has 2 N–H and O–H groups in total. The molecule has 0 aliphatic heterocycles. The normalized spacial score (nSPS) is 11.4. The zero-order valence-corrected chi connectivity index (χ0v) is 22.1. The molecule has 0 fully saturated rings. The number of carbonyl (C=O) groups is 1. The molecule has 0 bridgehead atoms. The first-order chi connectivity index (χ1) is 16.8. The van der Waals surface area contributed by atoms with Crippen LogP contribution in [0.4, 0.5) is 4.79 Å². The van der Waals surface area contributed by atoms with Crippen LogP contribution in [0.5, 0.6) is 5.75 Å². The van der Waals surface area contributed by atoms with E-state index in [1.54, 1.807) is 20.8 Å². The van der Waals surface area contributed by atoms with Crippen molar-refractivity contribution < 1.29 is 31.3 Å².